The number of rotatable bonds is 5. The van der Waals surface area contributed by atoms with Gasteiger partial charge in [-0.2, -0.15) is 5.10 Å². The number of aromatic nitrogens is 2. The van der Waals surface area contributed by atoms with Gasteiger partial charge >= 0.3 is 5.97 Å². The lowest BCUT2D eigenvalue weighted by Gasteiger charge is -2.21. The van der Waals surface area contributed by atoms with E-state index in [0.29, 0.717) is 18.7 Å². The number of aliphatic carboxylic acids is 1. The van der Waals surface area contributed by atoms with E-state index in [1.54, 1.807) is 4.68 Å². The first-order valence-corrected chi connectivity index (χ1v) is 10.7. The van der Waals surface area contributed by atoms with Crippen LogP contribution in [0.4, 0.5) is 0 Å². The molecule has 7 heteroatoms. The van der Waals surface area contributed by atoms with E-state index in [4.69, 9.17) is 0 Å². The maximum Gasteiger partial charge on any atom is 0.326 e. The van der Waals surface area contributed by atoms with Gasteiger partial charge in [0.2, 0.25) is 5.91 Å². The number of nitrogens with zero attached hydrogens (tertiary/aromatic N) is 3. The first-order valence-electron chi connectivity index (χ1n) is 10.7. The second kappa shape index (κ2) is 7.78. The van der Waals surface area contributed by atoms with Crippen molar-refractivity contribution in [3.8, 4) is 5.75 Å². The van der Waals surface area contributed by atoms with Crippen molar-refractivity contribution in [1.82, 2.24) is 14.7 Å². The van der Waals surface area contributed by atoms with Crippen LogP contribution < -0.4 is 0 Å². The Balaban J connectivity index is 1.58. The minimum absolute atomic E-state index is 0.0587. The third kappa shape index (κ3) is 3.46. The van der Waals surface area contributed by atoms with Crippen molar-refractivity contribution in [1.29, 1.82) is 0 Å². The lowest BCUT2D eigenvalue weighted by molar-refractivity contribution is -0.148. The molecule has 160 valence electrons. The monoisotopic (exact) mass is 411 g/mol. The SMILES string of the molecule is Cc1cc(Cc2c(C)nn(CC(=O)N3CCCC3C(=O)O)c2C)c2c(c1O)CCC2. The fourth-order valence-electron chi connectivity index (χ4n) is 5.05. The van der Waals surface area contributed by atoms with E-state index in [9.17, 15) is 19.8 Å². The van der Waals surface area contributed by atoms with E-state index < -0.39 is 12.0 Å². The maximum absolute atomic E-state index is 12.8. The molecule has 1 unspecified atom stereocenters. The predicted octanol–water partition coefficient (Wildman–Crippen LogP) is 2.67. The smallest absolute Gasteiger partial charge is 0.326 e. The Morgan fingerprint density at radius 3 is 2.63 bits per heavy atom. The number of aryl methyl sites for hydroxylation is 2. The number of carboxylic acids is 1. The molecule has 1 atom stereocenters. The van der Waals surface area contributed by atoms with Gasteiger partial charge in [-0.3, -0.25) is 9.48 Å². The second-order valence-electron chi connectivity index (χ2n) is 8.58. The lowest BCUT2D eigenvalue weighted by Crippen LogP contribution is -2.42. The number of phenolic OH excluding ortho intramolecular Hbond substituents is 1. The highest BCUT2D eigenvalue weighted by Gasteiger charge is 2.34. The fourth-order valence-corrected chi connectivity index (χ4v) is 5.05. The summed E-state index contributed by atoms with van der Waals surface area (Å²) in [6.07, 6.45) is 4.91. The van der Waals surface area contributed by atoms with E-state index in [-0.39, 0.29) is 12.5 Å². The number of phenols is 1. The van der Waals surface area contributed by atoms with E-state index in [2.05, 4.69) is 11.2 Å². The Hall–Kier alpha value is -2.83. The van der Waals surface area contributed by atoms with Gasteiger partial charge in [0.05, 0.1) is 5.69 Å². The van der Waals surface area contributed by atoms with Crippen molar-refractivity contribution in [2.45, 2.75) is 71.9 Å². The number of carbonyl (C=O) groups excluding carboxylic acids is 1. The number of fused-ring (bicyclic) bond motifs is 1. The van der Waals surface area contributed by atoms with Crippen LogP contribution in [0.5, 0.6) is 5.75 Å². The van der Waals surface area contributed by atoms with Gasteiger partial charge in [-0.15, -0.1) is 0 Å². The average molecular weight is 412 g/mol. The first-order chi connectivity index (χ1) is 14.3. The predicted molar refractivity (Wildman–Crippen MR) is 112 cm³/mol. The number of hydrogen-bond acceptors (Lipinski definition) is 4. The number of hydrogen-bond donors (Lipinski definition) is 2. The third-order valence-corrected chi connectivity index (χ3v) is 6.70. The number of benzene rings is 1. The molecule has 1 fully saturated rings. The highest BCUT2D eigenvalue weighted by atomic mass is 16.4. The van der Waals surface area contributed by atoms with Crippen LogP contribution in [-0.2, 0) is 35.4 Å². The number of likely N-dealkylation sites (tertiary alicyclic amines) is 1. The average Bonchev–Trinajstić information content (AvgIpc) is 3.42. The summed E-state index contributed by atoms with van der Waals surface area (Å²) in [4.78, 5) is 25.6. The van der Waals surface area contributed by atoms with E-state index in [1.807, 2.05) is 20.8 Å². The highest BCUT2D eigenvalue weighted by Crippen LogP contribution is 2.36. The quantitative estimate of drug-likeness (QED) is 0.789. The Bertz CT molecular complexity index is 1020. The van der Waals surface area contributed by atoms with Gasteiger partial charge in [0, 0.05) is 24.2 Å². The Morgan fingerprint density at radius 2 is 1.90 bits per heavy atom. The molecule has 0 spiro atoms. The van der Waals surface area contributed by atoms with Gasteiger partial charge in [-0.05, 0) is 75.1 Å². The summed E-state index contributed by atoms with van der Waals surface area (Å²) in [5, 5.41) is 24.3. The van der Waals surface area contributed by atoms with Crippen molar-refractivity contribution in [3.05, 3.63) is 45.3 Å². The van der Waals surface area contributed by atoms with Crippen LogP contribution in [0.25, 0.3) is 0 Å². The van der Waals surface area contributed by atoms with Crippen molar-refractivity contribution in [2.75, 3.05) is 6.54 Å². The molecule has 7 nitrogen and oxygen atoms in total. The third-order valence-electron chi connectivity index (χ3n) is 6.70. The number of carboxylic acid groups (broad SMARTS) is 1. The molecule has 1 aliphatic carbocycles. The molecular weight excluding hydrogens is 382 g/mol. The molecule has 0 radical (unpaired) electrons. The summed E-state index contributed by atoms with van der Waals surface area (Å²) >= 11 is 0. The summed E-state index contributed by atoms with van der Waals surface area (Å²) in [6.45, 7) is 6.40. The topological polar surface area (TPSA) is 95.7 Å². The second-order valence-corrected chi connectivity index (χ2v) is 8.58. The summed E-state index contributed by atoms with van der Waals surface area (Å²) in [7, 11) is 0. The van der Waals surface area contributed by atoms with Gasteiger partial charge in [0.25, 0.3) is 0 Å². The molecule has 2 aromatic rings. The van der Waals surface area contributed by atoms with E-state index >= 15 is 0 Å². The molecule has 1 aliphatic heterocycles. The van der Waals surface area contributed by atoms with E-state index in [0.717, 1.165) is 60.2 Å². The zero-order valence-electron chi connectivity index (χ0n) is 17.9. The molecule has 1 amide bonds. The number of carbonyl (C=O) groups is 2. The summed E-state index contributed by atoms with van der Waals surface area (Å²) in [5.74, 6) is -0.704. The highest BCUT2D eigenvalue weighted by molar-refractivity contribution is 5.84. The Morgan fingerprint density at radius 1 is 1.17 bits per heavy atom. The minimum atomic E-state index is -0.938. The van der Waals surface area contributed by atoms with Crippen LogP contribution >= 0.6 is 0 Å². The van der Waals surface area contributed by atoms with Crippen LogP contribution in [-0.4, -0.2) is 49.4 Å². The molecule has 2 N–H and O–H groups in total. The van der Waals surface area contributed by atoms with Gasteiger partial charge in [-0.25, -0.2) is 4.79 Å². The normalized spacial score (nSPS) is 18.1. The fraction of sp³-hybridized carbons (Fsp3) is 0.522. The van der Waals surface area contributed by atoms with Gasteiger partial charge < -0.3 is 15.1 Å². The molecule has 0 bridgehead atoms. The van der Waals surface area contributed by atoms with Crippen LogP contribution in [0.15, 0.2) is 6.07 Å². The van der Waals surface area contributed by atoms with Crippen LogP contribution in [0, 0.1) is 20.8 Å². The lowest BCUT2D eigenvalue weighted by atomic mass is 9.93. The molecular formula is C23H29N3O4. The molecule has 4 rings (SSSR count). The minimum Gasteiger partial charge on any atom is -0.507 e. The van der Waals surface area contributed by atoms with Gasteiger partial charge in [-0.1, -0.05) is 6.07 Å². The van der Waals surface area contributed by atoms with Crippen molar-refractivity contribution >= 4 is 11.9 Å². The summed E-state index contributed by atoms with van der Waals surface area (Å²) < 4.78 is 1.71. The summed E-state index contributed by atoms with van der Waals surface area (Å²) in [6, 6.07) is 1.35. The van der Waals surface area contributed by atoms with Crippen LogP contribution in [0.1, 0.15) is 58.5 Å². The van der Waals surface area contributed by atoms with Crippen molar-refractivity contribution in [3.63, 3.8) is 0 Å². The number of aromatic hydroxyl groups is 1. The largest absolute Gasteiger partial charge is 0.507 e. The molecule has 1 saturated heterocycles. The molecule has 2 aliphatic rings. The van der Waals surface area contributed by atoms with Gasteiger partial charge in [0.1, 0.15) is 18.3 Å². The van der Waals surface area contributed by atoms with Crippen LogP contribution in [0.2, 0.25) is 0 Å². The van der Waals surface area contributed by atoms with Crippen molar-refractivity contribution in [2.24, 2.45) is 0 Å². The van der Waals surface area contributed by atoms with Gasteiger partial charge in [0.15, 0.2) is 0 Å². The van der Waals surface area contributed by atoms with Crippen LogP contribution in [0.3, 0.4) is 0 Å². The Labute approximate surface area is 176 Å². The zero-order valence-corrected chi connectivity index (χ0v) is 17.9. The van der Waals surface area contributed by atoms with Crippen molar-refractivity contribution < 1.29 is 19.8 Å². The molecule has 1 aromatic carbocycles. The first kappa shape index (κ1) is 20.4. The molecule has 0 saturated carbocycles. The number of amides is 1. The molecule has 2 heterocycles. The maximum atomic E-state index is 12.8. The Kier molecular flexibility index (Phi) is 5.30. The standard InChI is InChI=1S/C23H29N3O4/c1-13-10-16(17-6-4-7-18(17)22(13)28)11-19-14(2)24-26(15(19)3)12-21(27)25-9-5-8-20(25)23(29)30/h10,20,28H,4-9,11-12H2,1-3H3,(H,29,30). The van der Waals surface area contributed by atoms with E-state index in [1.165, 1.54) is 16.0 Å². The molecule has 1 aromatic heterocycles. The molecule has 30 heavy (non-hydrogen) atoms. The zero-order chi connectivity index (χ0) is 21.6. The summed E-state index contributed by atoms with van der Waals surface area (Å²) in [5.41, 5.74) is 7.37.